The average molecular weight is 337 g/mol. The van der Waals surface area contributed by atoms with Gasteiger partial charge in [-0.25, -0.2) is 0 Å². The molecule has 0 saturated carbocycles. The Morgan fingerprint density at radius 1 is 1.12 bits per heavy atom. The maximum absolute atomic E-state index is 12.5. The molecule has 0 unspecified atom stereocenters. The van der Waals surface area contributed by atoms with Gasteiger partial charge in [0.2, 0.25) is 5.91 Å². The van der Waals surface area contributed by atoms with Gasteiger partial charge in [-0.1, -0.05) is 73.3 Å². The number of benzene rings is 2. The van der Waals surface area contributed by atoms with Gasteiger partial charge in [-0.2, -0.15) is 5.10 Å². The summed E-state index contributed by atoms with van der Waals surface area (Å²) in [6.07, 6.45) is 2.48. The smallest absolute Gasteiger partial charge is 0.233 e. The van der Waals surface area contributed by atoms with Gasteiger partial charge in [0.05, 0.1) is 11.4 Å². The van der Waals surface area contributed by atoms with Crippen molar-refractivity contribution in [2.75, 3.05) is 0 Å². The fourth-order valence-electron chi connectivity index (χ4n) is 2.44. The molecule has 4 nitrogen and oxygen atoms in total. The van der Waals surface area contributed by atoms with Crippen molar-refractivity contribution in [2.24, 2.45) is 0 Å². The number of thioether (sulfide) groups is 1. The molecule has 1 heterocycles. The molecular formula is C19H19N3OS. The van der Waals surface area contributed by atoms with E-state index < -0.39 is 0 Å². The summed E-state index contributed by atoms with van der Waals surface area (Å²) in [4.78, 5) is 12.5. The molecule has 5 heteroatoms. The van der Waals surface area contributed by atoms with Crippen molar-refractivity contribution in [3.63, 3.8) is 0 Å². The number of amides is 1. The Morgan fingerprint density at radius 3 is 2.67 bits per heavy atom. The van der Waals surface area contributed by atoms with Gasteiger partial charge < -0.3 is 5.32 Å². The molecule has 0 aliphatic rings. The van der Waals surface area contributed by atoms with Gasteiger partial charge in [0.15, 0.2) is 0 Å². The molecule has 0 saturated heterocycles. The number of aromatic nitrogens is 2. The summed E-state index contributed by atoms with van der Waals surface area (Å²) in [5.74, 6) is 0.0288. The second-order valence-corrected chi connectivity index (χ2v) is 6.65. The van der Waals surface area contributed by atoms with Gasteiger partial charge >= 0.3 is 0 Å². The lowest BCUT2D eigenvalue weighted by molar-refractivity contribution is -0.120. The first-order chi connectivity index (χ1) is 11.8. The Bertz CT molecular complexity index is 818. The van der Waals surface area contributed by atoms with Crippen molar-refractivity contribution < 1.29 is 4.79 Å². The monoisotopic (exact) mass is 337 g/mol. The SMILES string of the molecule is CC[C@H](Sc1nncc2ccccc12)C(=O)NCc1ccccc1. The van der Waals surface area contributed by atoms with E-state index in [-0.39, 0.29) is 11.2 Å². The highest BCUT2D eigenvalue weighted by molar-refractivity contribution is 8.00. The molecule has 0 radical (unpaired) electrons. The minimum Gasteiger partial charge on any atom is -0.351 e. The van der Waals surface area contributed by atoms with Crippen LogP contribution < -0.4 is 5.32 Å². The molecule has 0 aliphatic heterocycles. The molecule has 3 rings (SSSR count). The molecule has 1 atom stereocenters. The molecule has 3 aromatic rings. The van der Waals surface area contributed by atoms with Crippen LogP contribution in [0, 0.1) is 0 Å². The highest BCUT2D eigenvalue weighted by Crippen LogP contribution is 2.29. The van der Waals surface area contributed by atoms with Crippen molar-refractivity contribution >= 4 is 28.4 Å². The quantitative estimate of drug-likeness (QED) is 0.695. The molecule has 1 aromatic heterocycles. The van der Waals surface area contributed by atoms with Gasteiger partial charge in [0, 0.05) is 17.3 Å². The minimum absolute atomic E-state index is 0.0288. The third-order valence-corrected chi connectivity index (χ3v) is 5.12. The zero-order valence-electron chi connectivity index (χ0n) is 13.5. The first kappa shape index (κ1) is 16.5. The van der Waals surface area contributed by atoms with Gasteiger partial charge in [0.1, 0.15) is 5.03 Å². The van der Waals surface area contributed by atoms with Crippen molar-refractivity contribution in [3.05, 3.63) is 66.4 Å². The zero-order chi connectivity index (χ0) is 16.8. The molecule has 2 aromatic carbocycles. The molecule has 0 spiro atoms. The van der Waals surface area contributed by atoms with Gasteiger partial charge in [-0.15, -0.1) is 5.10 Å². The number of hydrogen-bond donors (Lipinski definition) is 1. The van der Waals surface area contributed by atoms with E-state index >= 15 is 0 Å². The Labute approximate surface area is 145 Å². The molecule has 122 valence electrons. The van der Waals surface area contributed by atoms with E-state index in [0.29, 0.717) is 6.54 Å². The maximum Gasteiger partial charge on any atom is 0.233 e. The third-order valence-electron chi connectivity index (χ3n) is 3.76. The van der Waals surface area contributed by atoms with Crippen LogP contribution in [0.5, 0.6) is 0 Å². The second kappa shape index (κ2) is 7.93. The number of hydrogen-bond acceptors (Lipinski definition) is 4. The fourth-order valence-corrected chi connectivity index (χ4v) is 3.48. The van der Waals surface area contributed by atoms with Gasteiger partial charge in [-0.05, 0) is 12.0 Å². The van der Waals surface area contributed by atoms with E-state index in [9.17, 15) is 4.79 Å². The molecule has 24 heavy (non-hydrogen) atoms. The van der Waals surface area contributed by atoms with E-state index in [1.54, 1.807) is 6.20 Å². The van der Waals surface area contributed by atoms with E-state index in [2.05, 4.69) is 15.5 Å². The maximum atomic E-state index is 12.5. The molecule has 1 amide bonds. The van der Waals surface area contributed by atoms with Crippen LogP contribution in [0.25, 0.3) is 10.8 Å². The van der Waals surface area contributed by atoms with Crippen LogP contribution in [0.3, 0.4) is 0 Å². The normalized spacial score (nSPS) is 12.0. The lowest BCUT2D eigenvalue weighted by atomic mass is 10.2. The summed E-state index contributed by atoms with van der Waals surface area (Å²) in [6.45, 7) is 2.55. The average Bonchev–Trinajstić information content (AvgIpc) is 2.65. The molecule has 0 bridgehead atoms. The summed E-state index contributed by atoms with van der Waals surface area (Å²) in [5, 5.41) is 14.0. The fraction of sp³-hybridized carbons (Fsp3) is 0.211. The molecular weight excluding hydrogens is 318 g/mol. The number of nitrogens with one attached hydrogen (secondary N) is 1. The molecule has 0 fully saturated rings. The Kier molecular flexibility index (Phi) is 5.43. The van der Waals surface area contributed by atoms with Crippen molar-refractivity contribution in [3.8, 4) is 0 Å². The predicted molar refractivity (Wildman–Crippen MR) is 97.8 cm³/mol. The van der Waals surface area contributed by atoms with Crippen LogP contribution in [0.2, 0.25) is 0 Å². The number of fused-ring (bicyclic) bond motifs is 1. The highest BCUT2D eigenvalue weighted by atomic mass is 32.2. The van der Waals surface area contributed by atoms with Crippen LogP contribution in [0.4, 0.5) is 0 Å². The number of rotatable bonds is 6. The van der Waals surface area contributed by atoms with Crippen molar-refractivity contribution in [1.29, 1.82) is 0 Å². The zero-order valence-corrected chi connectivity index (χ0v) is 14.3. The van der Waals surface area contributed by atoms with Crippen molar-refractivity contribution in [2.45, 2.75) is 30.2 Å². The van der Waals surface area contributed by atoms with Crippen LogP contribution in [-0.4, -0.2) is 21.4 Å². The summed E-state index contributed by atoms with van der Waals surface area (Å²) in [6, 6.07) is 17.9. The minimum atomic E-state index is -0.186. The highest BCUT2D eigenvalue weighted by Gasteiger charge is 2.19. The largest absolute Gasteiger partial charge is 0.351 e. The van der Waals surface area contributed by atoms with Crippen LogP contribution in [-0.2, 0) is 11.3 Å². The second-order valence-electron chi connectivity index (χ2n) is 5.46. The molecule has 0 aliphatic carbocycles. The summed E-state index contributed by atoms with van der Waals surface area (Å²) in [5.41, 5.74) is 1.09. The van der Waals surface area contributed by atoms with E-state index in [0.717, 1.165) is 27.8 Å². The lowest BCUT2D eigenvalue weighted by Gasteiger charge is -2.15. The summed E-state index contributed by atoms with van der Waals surface area (Å²) in [7, 11) is 0. The number of carbonyl (C=O) groups is 1. The summed E-state index contributed by atoms with van der Waals surface area (Å²) < 4.78 is 0. The van der Waals surface area contributed by atoms with E-state index in [1.165, 1.54) is 11.8 Å². The lowest BCUT2D eigenvalue weighted by Crippen LogP contribution is -2.31. The van der Waals surface area contributed by atoms with E-state index in [1.807, 2.05) is 61.5 Å². The van der Waals surface area contributed by atoms with Crippen molar-refractivity contribution in [1.82, 2.24) is 15.5 Å². The predicted octanol–water partition coefficient (Wildman–Crippen LogP) is 3.82. The number of nitrogens with zero attached hydrogens (tertiary/aromatic N) is 2. The van der Waals surface area contributed by atoms with Crippen LogP contribution in [0.15, 0.2) is 65.8 Å². The van der Waals surface area contributed by atoms with Gasteiger partial charge in [-0.3, -0.25) is 4.79 Å². The van der Waals surface area contributed by atoms with Gasteiger partial charge in [0.25, 0.3) is 0 Å². The third kappa shape index (κ3) is 3.92. The van der Waals surface area contributed by atoms with E-state index in [4.69, 9.17) is 0 Å². The molecule has 1 N–H and O–H groups in total. The topological polar surface area (TPSA) is 54.9 Å². The number of carbonyl (C=O) groups excluding carboxylic acids is 1. The first-order valence-electron chi connectivity index (χ1n) is 7.96. The Balaban J connectivity index is 1.70. The van der Waals surface area contributed by atoms with Crippen LogP contribution >= 0.6 is 11.8 Å². The van der Waals surface area contributed by atoms with Crippen LogP contribution in [0.1, 0.15) is 18.9 Å². The Hall–Kier alpha value is -2.40. The Morgan fingerprint density at radius 2 is 1.88 bits per heavy atom. The standard InChI is InChI=1S/C19H19N3OS/c1-2-17(18(23)20-12-14-8-4-3-5-9-14)24-19-16-11-7-6-10-15(16)13-21-22-19/h3-11,13,17H,2,12H2,1H3,(H,20,23)/t17-/m0/s1. The summed E-state index contributed by atoms with van der Waals surface area (Å²) >= 11 is 1.48. The first-order valence-corrected chi connectivity index (χ1v) is 8.84.